The van der Waals surface area contributed by atoms with Crippen molar-refractivity contribution in [2.45, 2.75) is 25.8 Å². The molecule has 0 radical (unpaired) electrons. The Morgan fingerprint density at radius 1 is 1.00 bits per heavy atom. The molecular weight excluding hydrogens is 272 g/mol. The SMILES string of the molecule is COc1ccc(C[NH+]2CC[NH+](C[C@@H]3CC=CCC3)CC2)cc1. The maximum Gasteiger partial charge on any atom is 0.127 e. The normalized spacial score (nSPS) is 28.5. The molecule has 1 aromatic rings. The van der Waals surface area contributed by atoms with E-state index in [1.54, 1.807) is 12.0 Å². The first-order valence-corrected chi connectivity index (χ1v) is 8.78. The molecule has 0 spiro atoms. The molecule has 2 N–H and O–H groups in total. The summed E-state index contributed by atoms with van der Waals surface area (Å²) in [6, 6.07) is 8.57. The number of hydrogen-bond acceptors (Lipinski definition) is 1. The summed E-state index contributed by atoms with van der Waals surface area (Å²) in [5.74, 6) is 1.89. The van der Waals surface area contributed by atoms with E-state index >= 15 is 0 Å². The molecule has 120 valence electrons. The largest absolute Gasteiger partial charge is 0.497 e. The van der Waals surface area contributed by atoms with Crippen LogP contribution in [0.25, 0.3) is 0 Å². The van der Waals surface area contributed by atoms with Gasteiger partial charge in [0.1, 0.15) is 38.5 Å². The summed E-state index contributed by atoms with van der Waals surface area (Å²) in [6.07, 6.45) is 8.75. The van der Waals surface area contributed by atoms with Gasteiger partial charge < -0.3 is 14.5 Å². The van der Waals surface area contributed by atoms with Gasteiger partial charge in [0.25, 0.3) is 0 Å². The molecule has 3 heteroatoms. The molecule has 1 aliphatic carbocycles. The first-order chi connectivity index (χ1) is 10.8. The summed E-state index contributed by atoms with van der Waals surface area (Å²) < 4.78 is 5.23. The third kappa shape index (κ3) is 4.34. The molecule has 1 heterocycles. The molecule has 1 aliphatic heterocycles. The Bertz CT molecular complexity index is 475. The maximum atomic E-state index is 5.23. The van der Waals surface area contributed by atoms with Crippen molar-refractivity contribution in [3.05, 3.63) is 42.0 Å². The third-order valence-electron chi connectivity index (χ3n) is 5.23. The van der Waals surface area contributed by atoms with Crippen LogP contribution in [0.2, 0.25) is 0 Å². The van der Waals surface area contributed by atoms with Gasteiger partial charge in [-0.2, -0.15) is 0 Å². The first kappa shape index (κ1) is 15.6. The zero-order valence-electron chi connectivity index (χ0n) is 13.8. The lowest BCUT2D eigenvalue weighted by atomic mass is 9.94. The van der Waals surface area contributed by atoms with E-state index in [1.807, 2.05) is 4.90 Å². The summed E-state index contributed by atoms with van der Waals surface area (Å²) in [7, 11) is 1.73. The number of rotatable bonds is 5. The van der Waals surface area contributed by atoms with E-state index in [9.17, 15) is 0 Å². The van der Waals surface area contributed by atoms with Crippen molar-refractivity contribution in [1.82, 2.24) is 0 Å². The van der Waals surface area contributed by atoms with Crippen molar-refractivity contribution >= 4 is 0 Å². The fourth-order valence-electron chi connectivity index (χ4n) is 3.82. The lowest BCUT2D eigenvalue weighted by Crippen LogP contribution is -3.27. The van der Waals surface area contributed by atoms with Gasteiger partial charge in [0.2, 0.25) is 0 Å². The highest BCUT2D eigenvalue weighted by atomic mass is 16.5. The minimum absolute atomic E-state index is 0.933. The van der Waals surface area contributed by atoms with Crippen molar-refractivity contribution in [2.24, 2.45) is 5.92 Å². The summed E-state index contributed by atoms with van der Waals surface area (Å²) in [4.78, 5) is 3.57. The second kappa shape index (κ2) is 7.80. The molecule has 0 saturated carbocycles. The molecule has 0 unspecified atom stereocenters. The van der Waals surface area contributed by atoms with Crippen LogP contribution in [-0.2, 0) is 6.54 Å². The molecule has 0 aromatic heterocycles. The Morgan fingerprint density at radius 2 is 1.73 bits per heavy atom. The fraction of sp³-hybridized carbons (Fsp3) is 0.579. The first-order valence-electron chi connectivity index (χ1n) is 8.78. The zero-order chi connectivity index (χ0) is 15.2. The van der Waals surface area contributed by atoms with Crippen LogP contribution in [0.1, 0.15) is 24.8 Å². The minimum atomic E-state index is 0.933. The molecule has 1 fully saturated rings. The molecule has 0 bridgehead atoms. The number of ether oxygens (including phenoxy) is 1. The van der Waals surface area contributed by atoms with Crippen LogP contribution in [0.15, 0.2) is 36.4 Å². The van der Waals surface area contributed by atoms with Gasteiger partial charge in [-0.1, -0.05) is 12.2 Å². The van der Waals surface area contributed by atoms with Gasteiger partial charge >= 0.3 is 0 Å². The van der Waals surface area contributed by atoms with Crippen LogP contribution >= 0.6 is 0 Å². The average Bonchev–Trinajstić information content (AvgIpc) is 2.58. The summed E-state index contributed by atoms with van der Waals surface area (Å²) in [5.41, 5.74) is 1.43. The number of piperazine rings is 1. The molecule has 22 heavy (non-hydrogen) atoms. The highest BCUT2D eigenvalue weighted by Gasteiger charge is 2.25. The molecule has 1 atom stereocenters. The second-order valence-corrected chi connectivity index (χ2v) is 6.88. The molecule has 3 rings (SSSR count). The monoisotopic (exact) mass is 302 g/mol. The number of methoxy groups -OCH3 is 1. The van der Waals surface area contributed by atoms with Crippen LogP contribution in [0.5, 0.6) is 5.75 Å². The van der Waals surface area contributed by atoms with Crippen LogP contribution in [0.4, 0.5) is 0 Å². The average molecular weight is 302 g/mol. The lowest BCUT2D eigenvalue weighted by molar-refractivity contribution is -1.02. The smallest absolute Gasteiger partial charge is 0.127 e. The number of nitrogens with one attached hydrogen (secondary N) is 2. The van der Waals surface area contributed by atoms with Crippen LogP contribution < -0.4 is 14.5 Å². The lowest BCUT2D eigenvalue weighted by Gasteiger charge is -2.32. The van der Waals surface area contributed by atoms with Gasteiger partial charge in [-0.25, -0.2) is 0 Å². The Balaban J connectivity index is 1.42. The van der Waals surface area contributed by atoms with Gasteiger partial charge in [-0.05, 0) is 43.5 Å². The van der Waals surface area contributed by atoms with E-state index in [-0.39, 0.29) is 0 Å². The quantitative estimate of drug-likeness (QED) is 0.751. The minimum Gasteiger partial charge on any atom is -0.497 e. The van der Waals surface area contributed by atoms with Gasteiger partial charge in [-0.3, -0.25) is 0 Å². The van der Waals surface area contributed by atoms with Crippen molar-refractivity contribution in [1.29, 1.82) is 0 Å². The van der Waals surface area contributed by atoms with Crippen molar-refractivity contribution in [2.75, 3.05) is 39.8 Å². The van der Waals surface area contributed by atoms with E-state index in [0.29, 0.717) is 0 Å². The fourth-order valence-corrected chi connectivity index (χ4v) is 3.82. The Labute approximate surface area is 134 Å². The predicted octanol–water partition coefficient (Wildman–Crippen LogP) is 0.335. The Hall–Kier alpha value is -1.32. The number of benzene rings is 1. The van der Waals surface area contributed by atoms with E-state index < -0.39 is 0 Å². The second-order valence-electron chi connectivity index (χ2n) is 6.88. The van der Waals surface area contributed by atoms with Gasteiger partial charge in [0.05, 0.1) is 13.7 Å². The molecule has 1 saturated heterocycles. The Kier molecular flexibility index (Phi) is 5.52. The van der Waals surface area contributed by atoms with Crippen molar-refractivity contribution in [3.63, 3.8) is 0 Å². The van der Waals surface area contributed by atoms with Crippen molar-refractivity contribution < 1.29 is 14.5 Å². The molecule has 0 amide bonds. The van der Waals surface area contributed by atoms with E-state index in [4.69, 9.17) is 4.74 Å². The standard InChI is InChI=1S/C19H28N2O/c1-22-19-9-7-18(8-10-19)16-21-13-11-20(12-14-21)15-17-5-3-2-4-6-17/h2-3,7-10,17H,4-6,11-16H2,1H3/p+2/t17-/m1/s1. The molecule has 2 aliphatic rings. The predicted molar refractivity (Wildman–Crippen MR) is 89.4 cm³/mol. The number of quaternary nitrogens is 2. The summed E-state index contributed by atoms with van der Waals surface area (Å²) >= 11 is 0. The molecule has 3 nitrogen and oxygen atoms in total. The zero-order valence-corrected chi connectivity index (χ0v) is 13.8. The van der Waals surface area contributed by atoms with Gasteiger partial charge in [-0.15, -0.1) is 0 Å². The van der Waals surface area contributed by atoms with E-state index in [0.717, 1.165) is 18.2 Å². The Morgan fingerprint density at radius 3 is 2.36 bits per heavy atom. The van der Waals surface area contributed by atoms with Crippen LogP contribution in [-0.4, -0.2) is 39.8 Å². The third-order valence-corrected chi connectivity index (χ3v) is 5.23. The summed E-state index contributed by atoms with van der Waals surface area (Å²) in [6.45, 7) is 7.84. The highest BCUT2D eigenvalue weighted by Crippen LogP contribution is 2.16. The van der Waals surface area contributed by atoms with Crippen LogP contribution in [0.3, 0.4) is 0 Å². The van der Waals surface area contributed by atoms with E-state index in [1.165, 1.54) is 57.5 Å². The maximum absolute atomic E-state index is 5.23. The van der Waals surface area contributed by atoms with Crippen molar-refractivity contribution in [3.8, 4) is 5.75 Å². The topological polar surface area (TPSA) is 18.1 Å². The summed E-state index contributed by atoms with van der Waals surface area (Å²) in [5, 5.41) is 0. The molecular formula is C19H30N2O+2. The number of allylic oxidation sites excluding steroid dienone is 2. The number of hydrogen-bond donors (Lipinski definition) is 2. The van der Waals surface area contributed by atoms with Gasteiger partial charge in [0, 0.05) is 11.5 Å². The highest BCUT2D eigenvalue weighted by molar-refractivity contribution is 5.26. The van der Waals surface area contributed by atoms with Gasteiger partial charge in [0.15, 0.2) is 0 Å². The van der Waals surface area contributed by atoms with E-state index in [2.05, 4.69) is 36.4 Å². The molecule has 1 aromatic carbocycles. The van der Waals surface area contributed by atoms with Crippen LogP contribution in [0, 0.1) is 5.92 Å².